The van der Waals surface area contributed by atoms with Crippen molar-refractivity contribution >= 4 is 11.5 Å². The first-order valence-electron chi connectivity index (χ1n) is 6.22. The summed E-state index contributed by atoms with van der Waals surface area (Å²) < 4.78 is 10.6. The van der Waals surface area contributed by atoms with E-state index >= 15 is 0 Å². The first kappa shape index (κ1) is 14.0. The lowest BCUT2D eigenvalue weighted by Crippen LogP contribution is -2.09. The molecule has 7 nitrogen and oxygen atoms in total. The molecule has 2 heterocycles. The highest BCUT2D eigenvalue weighted by Crippen LogP contribution is 2.28. The van der Waals surface area contributed by atoms with Crippen LogP contribution in [0.4, 0.5) is 11.5 Å². The van der Waals surface area contributed by atoms with Crippen molar-refractivity contribution in [2.75, 3.05) is 31.3 Å². The molecule has 2 rings (SSSR count). The largest absolute Gasteiger partial charge is 0.435 e. The van der Waals surface area contributed by atoms with Gasteiger partial charge in [-0.25, -0.2) is 4.98 Å². The van der Waals surface area contributed by atoms with E-state index in [1.165, 1.54) is 6.33 Å². The highest BCUT2D eigenvalue weighted by Gasteiger charge is 2.09. The van der Waals surface area contributed by atoms with Gasteiger partial charge in [-0.2, -0.15) is 4.98 Å². The maximum absolute atomic E-state index is 5.98. The molecule has 2 aromatic heterocycles. The lowest BCUT2D eigenvalue weighted by Gasteiger charge is -2.11. The number of nitrogens with zero attached hydrogens (tertiary/aromatic N) is 3. The van der Waals surface area contributed by atoms with E-state index in [0.717, 1.165) is 6.42 Å². The molecule has 3 N–H and O–H groups in total. The Kier molecular flexibility index (Phi) is 5.08. The first-order valence-corrected chi connectivity index (χ1v) is 6.22. The van der Waals surface area contributed by atoms with E-state index in [1.807, 2.05) is 0 Å². The fourth-order valence-corrected chi connectivity index (χ4v) is 1.54. The number of nitrogens with two attached hydrogens (primary N) is 1. The number of rotatable bonds is 7. The highest BCUT2D eigenvalue weighted by atomic mass is 16.5. The summed E-state index contributed by atoms with van der Waals surface area (Å²) in [7, 11) is 1.67. The van der Waals surface area contributed by atoms with E-state index < -0.39 is 0 Å². The number of aromatic nitrogens is 3. The van der Waals surface area contributed by atoms with Gasteiger partial charge in [0.2, 0.25) is 5.88 Å². The standard InChI is InChI=1S/C13H17N5O2/c1-19-7-3-6-16-12-11(14)13(18-9-17-12)20-10-4-2-5-15-8-10/h2,4-5,8-9H,3,6-7,14H2,1H3,(H,16,17,18). The summed E-state index contributed by atoms with van der Waals surface area (Å²) in [5.41, 5.74) is 6.35. The van der Waals surface area contributed by atoms with Crippen LogP contribution in [0.2, 0.25) is 0 Å². The Morgan fingerprint density at radius 1 is 1.35 bits per heavy atom. The maximum atomic E-state index is 5.98. The Morgan fingerprint density at radius 3 is 3.00 bits per heavy atom. The van der Waals surface area contributed by atoms with Crippen LogP contribution >= 0.6 is 0 Å². The molecule has 0 aliphatic carbocycles. The number of anilines is 2. The highest BCUT2D eigenvalue weighted by molar-refractivity contribution is 5.66. The van der Waals surface area contributed by atoms with E-state index in [9.17, 15) is 0 Å². The Bertz CT molecular complexity index is 536. The van der Waals surface area contributed by atoms with Crippen molar-refractivity contribution in [2.45, 2.75) is 6.42 Å². The van der Waals surface area contributed by atoms with Gasteiger partial charge in [0.15, 0.2) is 5.82 Å². The molecule has 2 aromatic rings. The second kappa shape index (κ2) is 7.25. The number of hydrogen-bond donors (Lipinski definition) is 2. The lowest BCUT2D eigenvalue weighted by molar-refractivity contribution is 0.198. The van der Waals surface area contributed by atoms with Crippen LogP contribution in [-0.2, 0) is 4.74 Å². The van der Waals surface area contributed by atoms with Gasteiger partial charge in [-0.15, -0.1) is 0 Å². The second-order valence-electron chi connectivity index (χ2n) is 4.01. The van der Waals surface area contributed by atoms with E-state index in [-0.39, 0.29) is 0 Å². The zero-order valence-electron chi connectivity index (χ0n) is 11.2. The number of pyridine rings is 1. The van der Waals surface area contributed by atoms with Crippen LogP contribution in [0.5, 0.6) is 11.6 Å². The van der Waals surface area contributed by atoms with Gasteiger partial charge in [0, 0.05) is 26.5 Å². The molecule has 0 fully saturated rings. The van der Waals surface area contributed by atoms with Crippen LogP contribution in [0, 0.1) is 0 Å². The summed E-state index contributed by atoms with van der Waals surface area (Å²) in [4.78, 5) is 12.1. The number of methoxy groups -OCH3 is 1. The normalized spacial score (nSPS) is 10.2. The summed E-state index contributed by atoms with van der Waals surface area (Å²) >= 11 is 0. The Hall–Kier alpha value is -2.41. The van der Waals surface area contributed by atoms with E-state index in [2.05, 4.69) is 20.3 Å². The molecule has 0 saturated carbocycles. The molecular formula is C13H17N5O2. The van der Waals surface area contributed by atoms with Crippen LogP contribution in [0.25, 0.3) is 0 Å². The zero-order valence-corrected chi connectivity index (χ0v) is 11.2. The molecule has 0 radical (unpaired) electrons. The molecule has 106 valence electrons. The fourth-order valence-electron chi connectivity index (χ4n) is 1.54. The minimum Gasteiger partial charge on any atom is -0.435 e. The van der Waals surface area contributed by atoms with Crippen molar-refractivity contribution in [1.82, 2.24) is 15.0 Å². The number of hydrogen-bond acceptors (Lipinski definition) is 7. The van der Waals surface area contributed by atoms with Crippen molar-refractivity contribution in [3.8, 4) is 11.6 Å². The Balaban J connectivity index is 2.03. The average molecular weight is 275 g/mol. The molecule has 0 saturated heterocycles. The smallest absolute Gasteiger partial charge is 0.248 e. The summed E-state index contributed by atoms with van der Waals surface area (Å²) in [5.74, 6) is 1.43. The lowest BCUT2D eigenvalue weighted by atomic mass is 10.4. The van der Waals surface area contributed by atoms with Crippen molar-refractivity contribution < 1.29 is 9.47 Å². The molecule has 0 bridgehead atoms. The van der Waals surface area contributed by atoms with Gasteiger partial charge in [-0.05, 0) is 18.6 Å². The van der Waals surface area contributed by atoms with Gasteiger partial charge >= 0.3 is 0 Å². The fraction of sp³-hybridized carbons (Fsp3) is 0.308. The Morgan fingerprint density at radius 2 is 2.25 bits per heavy atom. The number of ether oxygens (including phenoxy) is 2. The third-order valence-electron chi connectivity index (χ3n) is 2.51. The van der Waals surface area contributed by atoms with Crippen molar-refractivity contribution in [1.29, 1.82) is 0 Å². The summed E-state index contributed by atoms with van der Waals surface area (Å²) in [6.45, 7) is 1.39. The van der Waals surface area contributed by atoms with Gasteiger partial charge in [0.25, 0.3) is 0 Å². The van der Waals surface area contributed by atoms with Crippen molar-refractivity contribution in [2.24, 2.45) is 0 Å². The second-order valence-corrected chi connectivity index (χ2v) is 4.01. The van der Waals surface area contributed by atoms with Crippen LogP contribution in [0.1, 0.15) is 6.42 Å². The molecule has 0 unspecified atom stereocenters. The summed E-state index contributed by atoms with van der Waals surface area (Å²) in [6.07, 6.45) is 5.52. The van der Waals surface area contributed by atoms with E-state index in [1.54, 1.807) is 31.6 Å². The van der Waals surface area contributed by atoms with Crippen LogP contribution in [0.3, 0.4) is 0 Å². The predicted octanol–water partition coefficient (Wildman–Crippen LogP) is 1.69. The molecular weight excluding hydrogens is 258 g/mol. The van der Waals surface area contributed by atoms with Gasteiger partial charge in [-0.1, -0.05) is 0 Å². The quantitative estimate of drug-likeness (QED) is 0.742. The van der Waals surface area contributed by atoms with Crippen LogP contribution in [0.15, 0.2) is 30.9 Å². The van der Waals surface area contributed by atoms with Crippen molar-refractivity contribution in [3.05, 3.63) is 30.9 Å². The third-order valence-corrected chi connectivity index (χ3v) is 2.51. The molecule has 0 spiro atoms. The molecule has 0 amide bonds. The van der Waals surface area contributed by atoms with Crippen LogP contribution in [-0.4, -0.2) is 35.2 Å². The van der Waals surface area contributed by atoms with Gasteiger partial charge < -0.3 is 20.5 Å². The third kappa shape index (κ3) is 3.79. The molecule has 0 atom stereocenters. The monoisotopic (exact) mass is 275 g/mol. The van der Waals surface area contributed by atoms with Gasteiger partial charge in [0.1, 0.15) is 17.8 Å². The van der Waals surface area contributed by atoms with E-state index in [0.29, 0.717) is 36.3 Å². The van der Waals surface area contributed by atoms with Gasteiger partial charge in [0.05, 0.1) is 6.20 Å². The minimum atomic E-state index is 0.308. The van der Waals surface area contributed by atoms with Crippen molar-refractivity contribution in [3.63, 3.8) is 0 Å². The van der Waals surface area contributed by atoms with E-state index in [4.69, 9.17) is 15.2 Å². The average Bonchev–Trinajstić information content (AvgIpc) is 2.48. The summed E-state index contributed by atoms with van der Waals surface area (Å²) in [6, 6.07) is 3.55. The molecule has 0 aliphatic rings. The number of nitrogen functional groups attached to an aromatic ring is 1. The SMILES string of the molecule is COCCCNc1ncnc(Oc2cccnc2)c1N. The molecule has 0 aromatic carbocycles. The Labute approximate surface area is 117 Å². The first-order chi connectivity index (χ1) is 9.81. The predicted molar refractivity (Wildman–Crippen MR) is 75.7 cm³/mol. The molecule has 7 heteroatoms. The summed E-state index contributed by atoms with van der Waals surface area (Å²) in [5, 5.41) is 3.12. The molecule has 0 aliphatic heterocycles. The molecule has 20 heavy (non-hydrogen) atoms. The minimum absolute atomic E-state index is 0.308. The van der Waals surface area contributed by atoms with Crippen LogP contribution < -0.4 is 15.8 Å². The zero-order chi connectivity index (χ0) is 14.2. The number of nitrogens with one attached hydrogen (secondary N) is 1. The maximum Gasteiger partial charge on any atom is 0.248 e. The van der Waals surface area contributed by atoms with Gasteiger partial charge in [-0.3, -0.25) is 4.98 Å². The topological polar surface area (TPSA) is 95.2 Å².